The number of aliphatic imine (C=N–C) groups is 1. The van der Waals surface area contributed by atoms with E-state index >= 15 is 0 Å². The normalized spacial score (nSPS) is 10.9. The molecule has 2 N–H and O–H groups in total. The molecule has 0 fully saturated rings. The molecule has 2 heterocycles. The van der Waals surface area contributed by atoms with E-state index in [1.165, 1.54) is 31.2 Å². The second-order valence-corrected chi connectivity index (χ2v) is 11.4. The topological polar surface area (TPSA) is 101 Å². The number of fused-ring (bicyclic) bond motifs is 1. The van der Waals surface area contributed by atoms with Crippen molar-refractivity contribution in [3.8, 4) is 16.9 Å². The van der Waals surface area contributed by atoms with Crippen LogP contribution in [0.5, 0.6) is 5.75 Å². The number of anilines is 1. The summed E-state index contributed by atoms with van der Waals surface area (Å²) in [5.74, 6) is 1.49. The Balaban J connectivity index is 0.000000450. The van der Waals surface area contributed by atoms with Gasteiger partial charge in [-0.15, -0.1) is 6.58 Å². The molecule has 2 aromatic carbocycles. The van der Waals surface area contributed by atoms with E-state index in [1.807, 2.05) is 57.3 Å². The third-order valence-electron chi connectivity index (χ3n) is 6.77. The zero-order chi connectivity index (χ0) is 36.8. The van der Waals surface area contributed by atoms with Crippen LogP contribution in [0.1, 0.15) is 86.3 Å². The van der Waals surface area contributed by atoms with Gasteiger partial charge in [0.15, 0.2) is 5.65 Å². The third-order valence-corrected chi connectivity index (χ3v) is 6.77. The summed E-state index contributed by atoms with van der Waals surface area (Å²) in [5.41, 5.74) is 7.92. The maximum atomic E-state index is 12.8. The number of aryl methyl sites for hydroxylation is 1. The Labute approximate surface area is 293 Å². The molecule has 4 aromatic rings. The average molecular weight is 674 g/mol. The van der Waals surface area contributed by atoms with E-state index < -0.39 is 6.09 Å². The van der Waals surface area contributed by atoms with Crippen LogP contribution in [0, 0.1) is 11.7 Å². The van der Waals surface area contributed by atoms with Gasteiger partial charge in [-0.3, -0.25) is 10.3 Å². The fourth-order valence-electron chi connectivity index (χ4n) is 4.50. The average Bonchev–Trinajstić information content (AvgIpc) is 3.49. The van der Waals surface area contributed by atoms with Gasteiger partial charge in [0, 0.05) is 23.7 Å². The summed E-state index contributed by atoms with van der Waals surface area (Å²) in [5, 5.41) is 2.50. The maximum absolute atomic E-state index is 12.8. The smallest absolute Gasteiger partial charge is 0.413 e. The van der Waals surface area contributed by atoms with Gasteiger partial charge in [0.2, 0.25) is 5.95 Å². The standard InChI is InChI=1S/C19H22N4O3.C15H20FN.C3H8.C3H6/c1-4-8-26-16-7-6-13(9-12(16)5-2)14-10-15-17(20-11-14)22-18(21-15)23-19(24)25-3;1-5-17-12(4)15(11(2)3)10-13-6-8-14(16)9-7-13;2*1-3-2/h6-7,9-11H,4-5,8H2,1-3H3,(H2,20,21,22,23,24);5-9,11H,10H2,1-4H3;3H2,1-2H3;3H,1H2,2H3/b;15-12-,17-5?;;. The Kier molecular flexibility index (Phi) is 20.3. The van der Waals surface area contributed by atoms with Gasteiger partial charge in [0.05, 0.1) is 19.2 Å². The number of imidazole rings is 1. The van der Waals surface area contributed by atoms with E-state index in [0.717, 1.165) is 58.5 Å². The molecular formula is C40H56FN5O3. The molecule has 0 unspecified atom stereocenters. The Morgan fingerprint density at radius 3 is 2.27 bits per heavy atom. The fraction of sp³-hybridized carbons (Fsp3) is 0.400. The van der Waals surface area contributed by atoms with Crippen molar-refractivity contribution >= 4 is 29.4 Å². The van der Waals surface area contributed by atoms with Gasteiger partial charge in [0.25, 0.3) is 0 Å². The van der Waals surface area contributed by atoms with E-state index in [0.29, 0.717) is 24.1 Å². The molecule has 0 atom stereocenters. The minimum atomic E-state index is -0.584. The first-order chi connectivity index (χ1) is 23.5. The molecule has 9 heteroatoms. The van der Waals surface area contributed by atoms with E-state index in [-0.39, 0.29) is 5.82 Å². The molecular weight excluding hydrogens is 617 g/mol. The zero-order valence-electron chi connectivity index (χ0n) is 31.1. The van der Waals surface area contributed by atoms with Crippen LogP contribution >= 0.6 is 0 Å². The second kappa shape index (κ2) is 23.5. The zero-order valence-corrected chi connectivity index (χ0v) is 31.1. The number of rotatable bonds is 10. The minimum Gasteiger partial charge on any atom is -0.493 e. The minimum absolute atomic E-state index is 0.188. The van der Waals surface area contributed by atoms with Gasteiger partial charge < -0.3 is 14.5 Å². The van der Waals surface area contributed by atoms with Crippen LogP contribution in [0.4, 0.5) is 15.1 Å². The third kappa shape index (κ3) is 14.9. The fourth-order valence-corrected chi connectivity index (χ4v) is 4.50. The predicted molar refractivity (Wildman–Crippen MR) is 204 cm³/mol. The van der Waals surface area contributed by atoms with Crippen molar-refractivity contribution < 1.29 is 18.7 Å². The summed E-state index contributed by atoms with van der Waals surface area (Å²) in [6.45, 7) is 22.7. The Morgan fingerprint density at radius 1 is 1.06 bits per heavy atom. The SMILES string of the molecule is C=CC.CC=N/C(C)=C(/Cc1ccc(F)cc1)C(C)C.CCC.CCCOc1ccc(-c2cnc3nc(NC(=O)OC)[nH]c3c2)cc1CC. The number of methoxy groups -OCH3 is 1. The predicted octanol–water partition coefficient (Wildman–Crippen LogP) is 11.2. The van der Waals surface area contributed by atoms with Crippen molar-refractivity contribution in [2.75, 3.05) is 19.0 Å². The molecule has 8 nitrogen and oxygen atoms in total. The van der Waals surface area contributed by atoms with Crippen molar-refractivity contribution in [3.05, 3.63) is 95.6 Å². The van der Waals surface area contributed by atoms with Crippen molar-refractivity contribution in [2.45, 2.75) is 88.0 Å². The Morgan fingerprint density at radius 2 is 1.71 bits per heavy atom. The first-order valence-corrected chi connectivity index (χ1v) is 17.0. The van der Waals surface area contributed by atoms with Crippen LogP contribution in [-0.2, 0) is 17.6 Å². The number of carbonyl (C=O) groups is 1. The first kappa shape index (κ1) is 42.2. The molecule has 0 spiro atoms. The molecule has 2 aromatic heterocycles. The molecule has 0 aliphatic rings. The lowest BCUT2D eigenvalue weighted by Crippen LogP contribution is -2.11. The number of nitrogens with one attached hydrogen (secondary N) is 2. The van der Waals surface area contributed by atoms with E-state index in [1.54, 1.807) is 12.3 Å². The van der Waals surface area contributed by atoms with Gasteiger partial charge in [-0.1, -0.05) is 72.2 Å². The van der Waals surface area contributed by atoms with Crippen molar-refractivity contribution in [3.63, 3.8) is 0 Å². The van der Waals surface area contributed by atoms with Gasteiger partial charge in [-0.25, -0.2) is 14.2 Å². The molecule has 0 aliphatic heterocycles. The number of allylic oxidation sites excluding steroid dienone is 3. The van der Waals surface area contributed by atoms with Gasteiger partial charge >= 0.3 is 6.09 Å². The van der Waals surface area contributed by atoms with Crippen LogP contribution in [0.2, 0.25) is 0 Å². The molecule has 0 bridgehead atoms. The van der Waals surface area contributed by atoms with Crippen LogP contribution < -0.4 is 10.1 Å². The maximum Gasteiger partial charge on any atom is 0.413 e. The number of hydrogen-bond acceptors (Lipinski definition) is 6. The van der Waals surface area contributed by atoms with Gasteiger partial charge in [-0.2, -0.15) is 4.98 Å². The van der Waals surface area contributed by atoms with Crippen LogP contribution in [0.15, 0.2) is 83.6 Å². The molecule has 4 rings (SSSR count). The monoisotopic (exact) mass is 673 g/mol. The van der Waals surface area contributed by atoms with E-state index in [4.69, 9.17) is 4.74 Å². The number of aromatic amines is 1. The lowest BCUT2D eigenvalue weighted by molar-refractivity contribution is 0.186. The summed E-state index contributed by atoms with van der Waals surface area (Å²) >= 11 is 0. The number of aromatic nitrogens is 3. The highest BCUT2D eigenvalue weighted by Crippen LogP contribution is 2.29. The number of nitrogens with zero attached hydrogens (tertiary/aromatic N) is 3. The lowest BCUT2D eigenvalue weighted by atomic mass is 9.94. The molecule has 0 saturated carbocycles. The summed E-state index contributed by atoms with van der Waals surface area (Å²) < 4.78 is 23.2. The second-order valence-electron chi connectivity index (χ2n) is 11.4. The van der Waals surface area contributed by atoms with Crippen molar-refractivity contribution in [2.24, 2.45) is 10.9 Å². The number of pyridine rings is 1. The van der Waals surface area contributed by atoms with Gasteiger partial charge in [-0.05, 0) is 98.5 Å². The van der Waals surface area contributed by atoms with Crippen LogP contribution in [0.25, 0.3) is 22.3 Å². The number of hydrogen-bond donors (Lipinski definition) is 2. The molecule has 1 amide bonds. The Bertz CT molecular complexity index is 1620. The molecule has 266 valence electrons. The Hall–Kier alpha value is -4.79. The summed E-state index contributed by atoms with van der Waals surface area (Å²) in [7, 11) is 1.30. The highest BCUT2D eigenvalue weighted by molar-refractivity contribution is 5.86. The molecule has 0 saturated heterocycles. The number of H-pyrrole nitrogens is 1. The van der Waals surface area contributed by atoms with E-state index in [9.17, 15) is 9.18 Å². The largest absolute Gasteiger partial charge is 0.493 e. The highest BCUT2D eigenvalue weighted by Gasteiger charge is 2.11. The number of ether oxygens (including phenoxy) is 2. The van der Waals surface area contributed by atoms with Crippen LogP contribution in [0.3, 0.4) is 0 Å². The van der Waals surface area contributed by atoms with Gasteiger partial charge in [0.1, 0.15) is 11.6 Å². The molecule has 0 aliphatic carbocycles. The number of amides is 1. The number of halogens is 1. The quantitative estimate of drug-likeness (QED) is 0.129. The number of carbonyl (C=O) groups excluding carboxylic acids is 1. The molecule has 0 radical (unpaired) electrons. The van der Waals surface area contributed by atoms with Crippen molar-refractivity contribution in [1.82, 2.24) is 15.0 Å². The van der Waals surface area contributed by atoms with E-state index in [2.05, 4.69) is 84.2 Å². The lowest BCUT2D eigenvalue weighted by Gasteiger charge is -2.13. The van der Waals surface area contributed by atoms with Crippen LogP contribution in [-0.4, -0.2) is 41.0 Å². The highest BCUT2D eigenvalue weighted by atomic mass is 19.1. The summed E-state index contributed by atoms with van der Waals surface area (Å²) in [4.78, 5) is 27.3. The first-order valence-electron chi connectivity index (χ1n) is 17.0. The van der Waals surface area contributed by atoms with Crippen molar-refractivity contribution in [1.29, 1.82) is 0 Å². The number of benzene rings is 2. The summed E-state index contributed by atoms with van der Waals surface area (Å²) in [6, 6.07) is 14.8. The summed E-state index contributed by atoms with van der Waals surface area (Å²) in [6.07, 6.45) is 8.70. The molecule has 49 heavy (non-hydrogen) atoms.